The van der Waals surface area contributed by atoms with Gasteiger partial charge in [0, 0.05) is 18.2 Å². The maximum atomic E-state index is 10.2. The Morgan fingerprint density at radius 1 is 1.08 bits per heavy atom. The summed E-state index contributed by atoms with van der Waals surface area (Å²) >= 11 is 0. The normalized spacial score (nSPS) is 18.6. The van der Waals surface area contributed by atoms with E-state index in [1.807, 2.05) is 32.9 Å². The lowest BCUT2D eigenvalue weighted by Gasteiger charge is -2.30. The molecular weight excluding hydrogens is 300 g/mol. The van der Waals surface area contributed by atoms with Gasteiger partial charge in [-0.25, -0.2) is 0 Å². The third-order valence-electron chi connectivity index (χ3n) is 4.84. The van der Waals surface area contributed by atoms with Crippen LogP contribution in [0.2, 0.25) is 0 Å². The maximum Gasteiger partial charge on any atom is 0.151 e. The molecule has 1 aliphatic rings. The minimum atomic E-state index is 0.251. The first-order valence-corrected chi connectivity index (χ1v) is 8.54. The molecule has 1 aliphatic heterocycles. The largest absolute Gasteiger partial charge is 0.507 e. The first-order valence-electron chi connectivity index (χ1n) is 8.54. The van der Waals surface area contributed by atoms with Gasteiger partial charge in [0.05, 0.1) is 5.69 Å². The van der Waals surface area contributed by atoms with Crippen molar-refractivity contribution in [2.45, 2.75) is 39.7 Å². The molecule has 0 saturated carbocycles. The van der Waals surface area contributed by atoms with Crippen LogP contribution in [-0.4, -0.2) is 46.4 Å². The molecule has 1 atom stereocenters. The molecule has 0 aliphatic carbocycles. The number of nitrogens with one attached hydrogen (secondary N) is 1. The monoisotopic (exact) mass is 326 g/mol. The highest BCUT2D eigenvalue weighted by molar-refractivity contribution is 5.69. The highest BCUT2D eigenvalue weighted by Crippen LogP contribution is 2.31. The molecule has 0 radical (unpaired) electrons. The zero-order valence-electron chi connectivity index (χ0n) is 14.9. The number of phenolic OH excluding ortho intramolecular Hbond substituents is 1. The van der Waals surface area contributed by atoms with E-state index in [-0.39, 0.29) is 5.75 Å². The minimum Gasteiger partial charge on any atom is -0.507 e. The Bertz CT molecular complexity index is 744. The van der Waals surface area contributed by atoms with E-state index < -0.39 is 0 Å². The second-order valence-corrected chi connectivity index (χ2v) is 6.96. The van der Waals surface area contributed by atoms with Crippen LogP contribution in [0.1, 0.15) is 29.5 Å². The number of phenols is 1. The summed E-state index contributed by atoms with van der Waals surface area (Å²) in [6, 6.07) is 6.16. The smallest absolute Gasteiger partial charge is 0.151 e. The van der Waals surface area contributed by atoms with Crippen LogP contribution >= 0.6 is 0 Å². The van der Waals surface area contributed by atoms with Crippen molar-refractivity contribution < 1.29 is 5.11 Å². The molecule has 0 unspecified atom stereocenters. The molecule has 1 aromatic carbocycles. The molecule has 2 aromatic rings. The predicted molar refractivity (Wildman–Crippen MR) is 97.5 cm³/mol. The minimum absolute atomic E-state index is 0.251. The first-order chi connectivity index (χ1) is 11.4. The molecule has 24 heavy (non-hydrogen) atoms. The fourth-order valence-corrected chi connectivity index (χ4v) is 3.24. The van der Waals surface area contributed by atoms with Crippen LogP contribution in [0.4, 0.5) is 5.82 Å². The van der Waals surface area contributed by atoms with Crippen molar-refractivity contribution in [1.29, 1.82) is 0 Å². The predicted octanol–water partition coefficient (Wildman–Crippen LogP) is 3.28. The zero-order chi connectivity index (χ0) is 17.3. The van der Waals surface area contributed by atoms with Crippen molar-refractivity contribution >= 4 is 5.82 Å². The van der Waals surface area contributed by atoms with E-state index in [0.717, 1.165) is 47.6 Å². The molecule has 0 amide bonds. The summed E-state index contributed by atoms with van der Waals surface area (Å²) in [5.74, 6) is 1.09. The third-order valence-corrected chi connectivity index (χ3v) is 4.84. The number of hydrogen-bond acceptors (Lipinski definition) is 5. The average molecular weight is 326 g/mol. The van der Waals surface area contributed by atoms with Crippen LogP contribution in [0.15, 0.2) is 18.2 Å². The fourth-order valence-electron chi connectivity index (χ4n) is 3.24. The molecule has 1 fully saturated rings. The molecule has 128 valence electrons. The molecule has 0 bridgehead atoms. The van der Waals surface area contributed by atoms with Crippen molar-refractivity contribution in [3.8, 4) is 17.0 Å². The molecule has 1 aromatic heterocycles. The number of likely N-dealkylation sites (N-methyl/N-ethyl adjacent to an activating group) is 1. The SMILES string of the molecule is Cc1cc(O)c(-c2cc(C)c(N[C@@H]3CCCN(C)C3)nn2)cc1C. The van der Waals surface area contributed by atoms with Crippen LogP contribution in [0, 0.1) is 20.8 Å². The van der Waals surface area contributed by atoms with Crippen molar-refractivity contribution in [2.24, 2.45) is 0 Å². The van der Waals surface area contributed by atoms with Crippen LogP contribution in [-0.2, 0) is 0 Å². The average Bonchev–Trinajstić information content (AvgIpc) is 2.53. The van der Waals surface area contributed by atoms with E-state index >= 15 is 0 Å². The number of nitrogens with zero attached hydrogens (tertiary/aromatic N) is 3. The van der Waals surface area contributed by atoms with Gasteiger partial charge < -0.3 is 15.3 Å². The number of aryl methyl sites for hydroxylation is 3. The lowest BCUT2D eigenvalue weighted by molar-refractivity contribution is 0.260. The Balaban J connectivity index is 1.83. The van der Waals surface area contributed by atoms with Crippen LogP contribution in [0.5, 0.6) is 5.75 Å². The first kappa shape index (κ1) is 16.7. The standard InChI is InChI=1S/C19H26N4O/c1-12-8-16(18(24)10-13(12)2)17-9-14(3)19(22-21-17)20-15-6-5-7-23(4)11-15/h8-10,15,24H,5-7,11H2,1-4H3,(H,20,22)/t15-/m1/s1. The van der Waals surface area contributed by atoms with Crippen LogP contribution in [0.25, 0.3) is 11.3 Å². The Morgan fingerprint density at radius 2 is 1.83 bits per heavy atom. The molecule has 2 N–H and O–H groups in total. The Labute approximate surface area is 143 Å². The summed E-state index contributed by atoms with van der Waals surface area (Å²) in [5, 5.41) is 22.5. The van der Waals surface area contributed by atoms with Gasteiger partial charge in [0.2, 0.25) is 0 Å². The Kier molecular flexibility index (Phi) is 4.71. The van der Waals surface area contributed by atoms with Gasteiger partial charge in [0.15, 0.2) is 5.82 Å². The second kappa shape index (κ2) is 6.77. The summed E-state index contributed by atoms with van der Waals surface area (Å²) in [6.45, 7) is 8.25. The third kappa shape index (κ3) is 3.51. The van der Waals surface area contributed by atoms with E-state index in [4.69, 9.17) is 0 Å². The number of likely N-dealkylation sites (tertiary alicyclic amines) is 1. The second-order valence-electron chi connectivity index (χ2n) is 6.96. The van der Waals surface area contributed by atoms with E-state index in [1.54, 1.807) is 6.07 Å². The summed E-state index contributed by atoms with van der Waals surface area (Å²) < 4.78 is 0. The summed E-state index contributed by atoms with van der Waals surface area (Å²) in [4.78, 5) is 2.34. The van der Waals surface area contributed by atoms with Crippen molar-refractivity contribution in [3.05, 3.63) is 34.9 Å². The van der Waals surface area contributed by atoms with Gasteiger partial charge in [-0.15, -0.1) is 10.2 Å². The molecule has 1 saturated heterocycles. The quantitative estimate of drug-likeness (QED) is 0.906. The lowest BCUT2D eigenvalue weighted by atomic mass is 10.0. The van der Waals surface area contributed by atoms with Gasteiger partial charge in [-0.05, 0) is 82.1 Å². The van der Waals surface area contributed by atoms with Crippen molar-refractivity contribution in [2.75, 3.05) is 25.5 Å². The van der Waals surface area contributed by atoms with Gasteiger partial charge in [0.1, 0.15) is 5.75 Å². The number of anilines is 1. The van der Waals surface area contributed by atoms with Crippen molar-refractivity contribution in [1.82, 2.24) is 15.1 Å². The molecule has 5 nitrogen and oxygen atoms in total. The molecule has 2 heterocycles. The molecule has 3 rings (SSSR count). The fraction of sp³-hybridized carbons (Fsp3) is 0.474. The van der Waals surface area contributed by atoms with Gasteiger partial charge >= 0.3 is 0 Å². The van der Waals surface area contributed by atoms with Gasteiger partial charge in [0.25, 0.3) is 0 Å². The summed E-state index contributed by atoms with van der Waals surface area (Å²) in [7, 11) is 2.15. The van der Waals surface area contributed by atoms with E-state index in [1.165, 1.54) is 6.42 Å². The van der Waals surface area contributed by atoms with Crippen LogP contribution in [0.3, 0.4) is 0 Å². The topological polar surface area (TPSA) is 61.3 Å². The van der Waals surface area contributed by atoms with E-state index in [0.29, 0.717) is 11.7 Å². The highest BCUT2D eigenvalue weighted by Gasteiger charge is 2.18. The summed E-state index contributed by atoms with van der Waals surface area (Å²) in [5.41, 5.74) is 4.69. The van der Waals surface area contributed by atoms with Crippen LogP contribution < -0.4 is 5.32 Å². The van der Waals surface area contributed by atoms with Gasteiger partial charge in [-0.1, -0.05) is 0 Å². The highest BCUT2D eigenvalue weighted by atomic mass is 16.3. The number of rotatable bonds is 3. The molecule has 5 heteroatoms. The molecular formula is C19H26N4O. The number of benzene rings is 1. The van der Waals surface area contributed by atoms with Crippen molar-refractivity contribution in [3.63, 3.8) is 0 Å². The summed E-state index contributed by atoms with van der Waals surface area (Å²) in [6.07, 6.45) is 2.36. The van der Waals surface area contributed by atoms with E-state index in [2.05, 4.69) is 27.5 Å². The lowest BCUT2D eigenvalue weighted by Crippen LogP contribution is -2.40. The number of aromatic hydroxyl groups is 1. The Hall–Kier alpha value is -2.14. The number of piperidine rings is 1. The van der Waals surface area contributed by atoms with Gasteiger partial charge in [-0.2, -0.15) is 0 Å². The van der Waals surface area contributed by atoms with Gasteiger partial charge in [-0.3, -0.25) is 0 Å². The van der Waals surface area contributed by atoms with E-state index in [9.17, 15) is 5.11 Å². The number of aromatic nitrogens is 2. The number of hydrogen-bond donors (Lipinski definition) is 2. The Morgan fingerprint density at radius 3 is 2.54 bits per heavy atom. The zero-order valence-corrected chi connectivity index (χ0v) is 14.9. The maximum absolute atomic E-state index is 10.2. The molecule has 0 spiro atoms.